The lowest BCUT2D eigenvalue weighted by Crippen LogP contribution is -2.00. The molecular weight excluding hydrogens is 458 g/mol. The first-order chi connectivity index (χ1) is 18.2. The average molecular weight is 500 g/mol. The fraction of sp³-hybridized carbons (Fsp3) is 0.324. The van der Waals surface area contributed by atoms with Crippen LogP contribution in [0.4, 0.5) is 0 Å². The molecule has 0 spiro atoms. The van der Waals surface area contributed by atoms with Gasteiger partial charge < -0.3 is 0 Å². The Bertz CT molecular complexity index is 1570. The first-order valence-electron chi connectivity index (χ1n) is 14.3. The number of hydrogen-bond donors (Lipinski definition) is 0. The Labute approximate surface area is 229 Å². The lowest BCUT2D eigenvalue weighted by Gasteiger charge is -2.20. The van der Waals surface area contributed by atoms with Crippen molar-refractivity contribution in [3.8, 4) is 22.4 Å². The van der Waals surface area contributed by atoms with Gasteiger partial charge in [-0.25, -0.2) is 0 Å². The molecule has 0 N–H and O–H groups in total. The predicted octanol–water partition coefficient (Wildman–Crippen LogP) is 11.2. The minimum absolute atomic E-state index is 0.464. The highest BCUT2D eigenvalue weighted by Crippen LogP contribution is 2.40. The molecule has 0 aliphatic carbocycles. The second-order valence-electron chi connectivity index (χ2n) is 12.1. The molecule has 0 radical (unpaired) electrons. The minimum atomic E-state index is 0.464. The molecule has 1 aromatic heterocycles. The van der Waals surface area contributed by atoms with Gasteiger partial charge >= 0.3 is 0 Å². The van der Waals surface area contributed by atoms with Crippen molar-refractivity contribution in [1.29, 1.82) is 0 Å². The molecule has 38 heavy (non-hydrogen) atoms. The van der Waals surface area contributed by atoms with E-state index in [0.29, 0.717) is 23.7 Å². The molecule has 0 amide bonds. The Morgan fingerprint density at radius 2 is 1.11 bits per heavy atom. The third-order valence-corrected chi connectivity index (χ3v) is 8.01. The van der Waals surface area contributed by atoms with E-state index in [9.17, 15) is 0 Å². The molecule has 1 heterocycles. The summed E-state index contributed by atoms with van der Waals surface area (Å²) >= 11 is 0. The Morgan fingerprint density at radius 3 is 1.68 bits per heavy atom. The number of fused-ring (bicyclic) bond motifs is 3. The summed E-state index contributed by atoms with van der Waals surface area (Å²) in [6, 6.07) is 27.6. The van der Waals surface area contributed by atoms with Gasteiger partial charge in [-0.05, 0) is 97.5 Å². The number of pyridine rings is 1. The quantitative estimate of drug-likeness (QED) is 0.212. The van der Waals surface area contributed by atoms with Crippen LogP contribution in [0, 0.1) is 0 Å². The van der Waals surface area contributed by atoms with Crippen LogP contribution in [0.15, 0.2) is 79.0 Å². The highest BCUT2D eigenvalue weighted by atomic mass is 14.7. The van der Waals surface area contributed by atoms with Gasteiger partial charge in [-0.15, -0.1) is 0 Å². The van der Waals surface area contributed by atoms with E-state index >= 15 is 0 Å². The maximum Gasteiger partial charge on any atom is 0.0780 e. The van der Waals surface area contributed by atoms with Crippen molar-refractivity contribution < 1.29 is 0 Å². The molecule has 194 valence electrons. The van der Waals surface area contributed by atoms with Gasteiger partial charge in [-0.1, -0.05) is 104 Å². The molecule has 0 fully saturated rings. The Kier molecular flexibility index (Phi) is 7.14. The molecule has 0 aliphatic heterocycles. The lowest BCUT2D eigenvalue weighted by molar-refractivity contribution is 0.834. The predicted molar refractivity (Wildman–Crippen MR) is 166 cm³/mol. The number of hydrogen-bond acceptors (Lipinski definition) is 1. The first-order valence-corrected chi connectivity index (χ1v) is 14.3. The van der Waals surface area contributed by atoms with Gasteiger partial charge in [0, 0.05) is 17.1 Å². The summed E-state index contributed by atoms with van der Waals surface area (Å²) in [5, 5.41) is 5.05. The van der Waals surface area contributed by atoms with Crippen LogP contribution < -0.4 is 0 Å². The molecule has 0 unspecified atom stereocenters. The molecule has 1 heteroatoms. The second-order valence-corrected chi connectivity index (χ2v) is 12.1. The number of aromatic nitrogens is 1. The van der Waals surface area contributed by atoms with Crippen LogP contribution in [0.25, 0.3) is 43.9 Å². The Hall–Kier alpha value is -3.45. The molecule has 0 saturated carbocycles. The highest BCUT2D eigenvalue weighted by molar-refractivity contribution is 6.12. The van der Waals surface area contributed by atoms with Gasteiger partial charge in [0.1, 0.15) is 0 Å². The Balaban J connectivity index is 1.77. The number of rotatable bonds is 6. The van der Waals surface area contributed by atoms with E-state index in [1.54, 1.807) is 0 Å². The fourth-order valence-corrected chi connectivity index (χ4v) is 5.73. The van der Waals surface area contributed by atoms with Gasteiger partial charge in [0.05, 0.1) is 5.69 Å². The Morgan fingerprint density at radius 1 is 0.500 bits per heavy atom. The summed E-state index contributed by atoms with van der Waals surface area (Å²) in [7, 11) is 0. The van der Waals surface area contributed by atoms with E-state index < -0.39 is 0 Å². The summed E-state index contributed by atoms with van der Waals surface area (Å²) in [5.41, 5.74) is 10.6. The molecule has 0 atom stereocenters. The second kappa shape index (κ2) is 10.4. The summed E-state index contributed by atoms with van der Waals surface area (Å²) < 4.78 is 0. The standard InChI is InChI=1S/C37H41N/c1-22(2)28-18-29(23(3)4)20-30(19-28)37-34-15-14-26-12-13-27(21-35(26)33(34)16-17-38-37)36-31(24(5)6)10-9-11-32(36)25(7)8/h9-25H,1-8H3. The number of benzene rings is 4. The first kappa shape index (κ1) is 26.2. The fourth-order valence-electron chi connectivity index (χ4n) is 5.73. The van der Waals surface area contributed by atoms with Crippen molar-refractivity contribution in [1.82, 2.24) is 4.98 Å². The van der Waals surface area contributed by atoms with E-state index in [4.69, 9.17) is 4.98 Å². The van der Waals surface area contributed by atoms with Crippen molar-refractivity contribution in [3.05, 3.63) is 101 Å². The summed E-state index contributed by atoms with van der Waals surface area (Å²) in [4.78, 5) is 4.94. The SMILES string of the molecule is CC(C)c1cc(-c2nccc3c2ccc2ccc(-c4c(C(C)C)cccc4C(C)C)cc23)cc(C(C)C)c1. The van der Waals surface area contributed by atoms with Crippen molar-refractivity contribution in [2.24, 2.45) is 0 Å². The zero-order valence-electron chi connectivity index (χ0n) is 24.3. The largest absolute Gasteiger partial charge is 0.256 e. The van der Waals surface area contributed by atoms with Gasteiger partial charge in [0.2, 0.25) is 0 Å². The van der Waals surface area contributed by atoms with E-state index in [-0.39, 0.29) is 0 Å². The molecule has 4 aromatic carbocycles. The van der Waals surface area contributed by atoms with E-state index in [2.05, 4.69) is 128 Å². The van der Waals surface area contributed by atoms with Gasteiger partial charge in [-0.3, -0.25) is 4.98 Å². The molecule has 0 bridgehead atoms. The van der Waals surface area contributed by atoms with Gasteiger partial charge in [-0.2, -0.15) is 0 Å². The topological polar surface area (TPSA) is 12.9 Å². The highest BCUT2D eigenvalue weighted by Gasteiger charge is 2.17. The van der Waals surface area contributed by atoms with Crippen LogP contribution in [-0.4, -0.2) is 4.98 Å². The normalized spacial score (nSPS) is 12.1. The van der Waals surface area contributed by atoms with Gasteiger partial charge in [0.15, 0.2) is 0 Å². The van der Waals surface area contributed by atoms with Crippen molar-refractivity contribution in [2.75, 3.05) is 0 Å². The van der Waals surface area contributed by atoms with Crippen LogP contribution in [0.3, 0.4) is 0 Å². The third-order valence-electron chi connectivity index (χ3n) is 8.01. The van der Waals surface area contributed by atoms with Crippen molar-refractivity contribution in [3.63, 3.8) is 0 Å². The summed E-state index contributed by atoms with van der Waals surface area (Å²) in [5.74, 6) is 1.88. The molecular formula is C37H41N. The average Bonchev–Trinajstić information content (AvgIpc) is 2.91. The minimum Gasteiger partial charge on any atom is -0.256 e. The molecule has 5 rings (SSSR count). The van der Waals surface area contributed by atoms with Crippen LogP contribution in [0.1, 0.15) is 101 Å². The third kappa shape index (κ3) is 4.75. The zero-order chi connectivity index (χ0) is 27.1. The van der Waals surface area contributed by atoms with Gasteiger partial charge in [0.25, 0.3) is 0 Å². The number of nitrogens with zero attached hydrogens (tertiary/aromatic N) is 1. The van der Waals surface area contributed by atoms with E-state index in [1.807, 2.05) is 6.20 Å². The smallest absolute Gasteiger partial charge is 0.0780 e. The van der Waals surface area contributed by atoms with E-state index in [0.717, 1.165) is 5.69 Å². The van der Waals surface area contributed by atoms with Crippen LogP contribution in [0.2, 0.25) is 0 Å². The monoisotopic (exact) mass is 499 g/mol. The maximum absolute atomic E-state index is 4.94. The van der Waals surface area contributed by atoms with Crippen molar-refractivity contribution in [2.45, 2.75) is 79.1 Å². The van der Waals surface area contributed by atoms with Crippen molar-refractivity contribution >= 4 is 21.5 Å². The molecule has 5 aromatic rings. The summed E-state index contributed by atoms with van der Waals surface area (Å²) in [6.45, 7) is 18.3. The van der Waals surface area contributed by atoms with Crippen LogP contribution in [-0.2, 0) is 0 Å². The zero-order valence-corrected chi connectivity index (χ0v) is 24.3. The molecule has 0 aliphatic rings. The lowest BCUT2D eigenvalue weighted by atomic mass is 9.84. The molecule has 1 nitrogen and oxygen atoms in total. The van der Waals surface area contributed by atoms with E-state index in [1.165, 1.54) is 60.5 Å². The maximum atomic E-state index is 4.94. The summed E-state index contributed by atoms with van der Waals surface area (Å²) in [6.07, 6.45) is 1.99. The van der Waals surface area contributed by atoms with Crippen LogP contribution >= 0.6 is 0 Å². The van der Waals surface area contributed by atoms with Crippen LogP contribution in [0.5, 0.6) is 0 Å². The molecule has 0 saturated heterocycles.